The van der Waals surface area contributed by atoms with Crippen molar-refractivity contribution in [2.45, 2.75) is 6.92 Å². The number of carbonyl (C=O) groups excluding carboxylic acids is 1. The summed E-state index contributed by atoms with van der Waals surface area (Å²) in [6.07, 6.45) is 0. The lowest BCUT2D eigenvalue weighted by Gasteiger charge is -2.04. The molecule has 0 aliphatic heterocycles. The quantitative estimate of drug-likeness (QED) is 0.453. The Balaban J connectivity index is 2.17. The van der Waals surface area contributed by atoms with Crippen LogP contribution >= 0.6 is 0 Å². The number of carbonyl (C=O) groups is 1. The Labute approximate surface area is 130 Å². The monoisotopic (exact) mass is 315 g/mol. The maximum atomic E-state index is 11.9. The first-order chi connectivity index (χ1) is 10.9. The fourth-order valence-electron chi connectivity index (χ4n) is 1.83. The molecule has 0 spiro atoms. The lowest BCUT2D eigenvalue weighted by atomic mass is 10.1. The molecule has 0 saturated carbocycles. The van der Waals surface area contributed by atoms with Gasteiger partial charge in [-0.25, -0.2) is 5.43 Å². The van der Waals surface area contributed by atoms with E-state index in [0.29, 0.717) is 11.3 Å². The van der Waals surface area contributed by atoms with E-state index in [9.17, 15) is 25.1 Å². The van der Waals surface area contributed by atoms with Crippen LogP contribution in [0.5, 0.6) is 11.5 Å². The van der Waals surface area contributed by atoms with Gasteiger partial charge in [-0.05, 0) is 19.1 Å². The Kier molecular flexibility index (Phi) is 4.55. The summed E-state index contributed by atoms with van der Waals surface area (Å²) in [7, 11) is 0. The molecule has 0 unspecified atom stereocenters. The van der Waals surface area contributed by atoms with Gasteiger partial charge in [0.25, 0.3) is 11.6 Å². The molecule has 0 radical (unpaired) electrons. The Morgan fingerprint density at radius 3 is 2.39 bits per heavy atom. The molecule has 0 heterocycles. The van der Waals surface area contributed by atoms with Gasteiger partial charge in [0.05, 0.1) is 10.6 Å². The van der Waals surface area contributed by atoms with E-state index < -0.39 is 10.8 Å². The third-order valence-corrected chi connectivity index (χ3v) is 2.96. The minimum Gasteiger partial charge on any atom is -0.508 e. The third kappa shape index (κ3) is 4.03. The number of rotatable bonds is 4. The van der Waals surface area contributed by atoms with Gasteiger partial charge in [0.1, 0.15) is 11.5 Å². The second-order valence-corrected chi connectivity index (χ2v) is 4.68. The van der Waals surface area contributed by atoms with Crippen LogP contribution in [-0.4, -0.2) is 26.8 Å². The highest BCUT2D eigenvalue weighted by atomic mass is 16.6. The first-order valence-electron chi connectivity index (χ1n) is 6.49. The molecule has 0 fully saturated rings. The largest absolute Gasteiger partial charge is 0.508 e. The zero-order valence-corrected chi connectivity index (χ0v) is 12.1. The second kappa shape index (κ2) is 6.56. The molecule has 0 saturated heterocycles. The van der Waals surface area contributed by atoms with Gasteiger partial charge >= 0.3 is 0 Å². The number of benzene rings is 2. The number of aromatic hydroxyl groups is 2. The topological polar surface area (TPSA) is 125 Å². The highest BCUT2D eigenvalue weighted by Gasteiger charge is 2.10. The number of nitrogens with zero attached hydrogens (tertiary/aromatic N) is 2. The van der Waals surface area contributed by atoms with E-state index >= 15 is 0 Å². The van der Waals surface area contributed by atoms with Crippen molar-refractivity contribution < 1.29 is 19.9 Å². The van der Waals surface area contributed by atoms with E-state index in [1.54, 1.807) is 13.0 Å². The van der Waals surface area contributed by atoms with Crippen molar-refractivity contribution >= 4 is 17.3 Å². The van der Waals surface area contributed by atoms with Gasteiger partial charge < -0.3 is 10.2 Å². The molecule has 1 amide bonds. The van der Waals surface area contributed by atoms with Crippen LogP contribution in [0.1, 0.15) is 22.8 Å². The summed E-state index contributed by atoms with van der Waals surface area (Å²) in [6, 6.07) is 9.27. The molecule has 0 atom stereocenters. The molecule has 118 valence electrons. The molecule has 23 heavy (non-hydrogen) atoms. The molecule has 8 heteroatoms. The van der Waals surface area contributed by atoms with Crippen LogP contribution in [0.2, 0.25) is 0 Å². The van der Waals surface area contributed by atoms with Crippen molar-refractivity contribution in [3.8, 4) is 11.5 Å². The molecule has 0 aliphatic rings. The number of hydrazone groups is 1. The predicted molar refractivity (Wildman–Crippen MR) is 82.5 cm³/mol. The fourth-order valence-corrected chi connectivity index (χ4v) is 1.83. The van der Waals surface area contributed by atoms with Crippen molar-refractivity contribution in [2.24, 2.45) is 5.10 Å². The molecular formula is C15H13N3O5. The Morgan fingerprint density at radius 1 is 1.13 bits per heavy atom. The van der Waals surface area contributed by atoms with Gasteiger partial charge in [-0.1, -0.05) is 12.1 Å². The van der Waals surface area contributed by atoms with Gasteiger partial charge in [0.2, 0.25) is 0 Å². The van der Waals surface area contributed by atoms with Crippen LogP contribution in [0.25, 0.3) is 0 Å². The maximum absolute atomic E-state index is 11.9. The van der Waals surface area contributed by atoms with Crippen LogP contribution in [0.3, 0.4) is 0 Å². The van der Waals surface area contributed by atoms with E-state index in [4.69, 9.17) is 0 Å². The normalized spacial score (nSPS) is 11.1. The minimum atomic E-state index is -0.638. The highest BCUT2D eigenvalue weighted by molar-refractivity contribution is 6.01. The summed E-state index contributed by atoms with van der Waals surface area (Å²) in [5.74, 6) is -1.15. The average molecular weight is 315 g/mol. The molecule has 2 aromatic carbocycles. The lowest BCUT2D eigenvalue weighted by molar-refractivity contribution is -0.384. The van der Waals surface area contributed by atoms with E-state index in [0.717, 1.165) is 6.07 Å². The van der Waals surface area contributed by atoms with Crippen LogP contribution in [0.4, 0.5) is 5.69 Å². The summed E-state index contributed by atoms with van der Waals surface area (Å²) >= 11 is 0. The summed E-state index contributed by atoms with van der Waals surface area (Å²) in [4.78, 5) is 22.1. The summed E-state index contributed by atoms with van der Waals surface area (Å²) in [6.45, 7) is 1.58. The summed E-state index contributed by atoms with van der Waals surface area (Å²) < 4.78 is 0. The Hall–Kier alpha value is -3.42. The smallest absolute Gasteiger partial charge is 0.271 e. The van der Waals surface area contributed by atoms with Crippen molar-refractivity contribution in [2.75, 3.05) is 0 Å². The molecule has 0 bridgehead atoms. The number of hydrogen-bond donors (Lipinski definition) is 3. The number of phenolic OH excluding ortho intramolecular Hbond substituents is 2. The molecule has 8 nitrogen and oxygen atoms in total. The number of nitro groups is 1. The van der Waals surface area contributed by atoms with E-state index in [2.05, 4.69) is 10.5 Å². The number of amides is 1. The van der Waals surface area contributed by atoms with Gasteiger partial charge in [0.15, 0.2) is 0 Å². The van der Waals surface area contributed by atoms with Crippen molar-refractivity contribution in [1.29, 1.82) is 0 Å². The Bertz CT molecular complexity index is 781. The molecular weight excluding hydrogens is 302 g/mol. The molecule has 2 rings (SSSR count). The molecule has 3 N–H and O–H groups in total. The summed E-state index contributed by atoms with van der Waals surface area (Å²) in [5.41, 5.74) is 3.05. The van der Waals surface area contributed by atoms with Crippen LogP contribution < -0.4 is 5.43 Å². The second-order valence-electron chi connectivity index (χ2n) is 4.68. The summed E-state index contributed by atoms with van der Waals surface area (Å²) in [5, 5.41) is 33.3. The highest BCUT2D eigenvalue weighted by Crippen LogP contribution is 2.20. The van der Waals surface area contributed by atoms with Crippen LogP contribution in [0, 0.1) is 10.1 Å². The van der Waals surface area contributed by atoms with E-state index in [-0.39, 0.29) is 22.7 Å². The van der Waals surface area contributed by atoms with Crippen molar-refractivity contribution in [3.05, 3.63) is 63.7 Å². The molecule has 2 aromatic rings. The zero-order chi connectivity index (χ0) is 17.0. The number of hydrogen-bond acceptors (Lipinski definition) is 6. The fraction of sp³-hybridized carbons (Fsp3) is 0.0667. The Morgan fingerprint density at radius 2 is 1.78 bits per heavy atom. The SMILES string of the molecule is C/C(=N/NC(=O)c1cc(O)cc(O)c1)c1cccc([N+](=O)[O-])c1. The number of nitrogens with one attached hydrogen (secondary N) is 1. The zero-order valence-electron chi connectivity index (χ0n) is 12.1. The molecule has 0 aliphatic carbocycles. The number of non-ortho nitro benzene ring substituents is 1. The standard InChI is InChI=1S/C15H13N3O5/c1-9(10-3-2-4-12(5-10)18(22)23)16-17-15(21)11-6-13(19)8-14(20)7-11/h2-8,19-20H,1H3,(H,17,21)/b16-9-. The molecule has 0 aromatic heterocycles. The third-order valence-electron chi connectivity index (χ3n) is 2.96. The van der Waals surface area contributed by atoms with Crippen LogP contribution in [-0.2, 0) is 0 Å². The van der Waals surface area contributed by atoms with E-state index in [1.807, 2.05) is 0 Å². The van der Waals surface area contributed by atoms with Gasteiger partial charge in [-0.3, -0.25) is 14.9 Å². The van der Waals surface area contributed by atoms with Gasteiger partial charge in [-0.2, -0.15) is 5.10 Å². The lowest BCUT2D eigenvalue weighted by Crippen LogP contribution is -2.19. The first kappa shape index (κ1) is 16.0. The maximum Gasteiger partial charge on any atom is 0.271 e. The number of nitro benzene ring substituents is 1. The van der Waals surface area contributed by atoms with Crippen molar-refractivity contribution in [3.63, 3.8) is 0 Å². The number of phenols is 2. The van der Waals surface area contributed by atoms with Gasteiger partial charge in [0, 0.05) is 29.3 Å². The van der Waals surface area contributed by atoms with Crippen LogP contribution in [0.15, 0.2) is 47.6 Å². The average Bonchev–Trinajstić information content (AvgIpc) is 2.51. The van der Waals surface area contributed by atoms with Gasteiger partial charge in [-0.15, -0.1) is 0 Å². The predicted octanol–water partition coefficient (Wildman–Crippen LogP) is 2.16. The first-order valence-corrected chi connectivity index (χ1v) is 6.49. The van der Waals surface area contributed by atoms with E-state index in [1.165, 1.54) is 30.3 Å². The van der Waals surface area contributed by atoms with Crippen molar-refractivity contribution in [1.82, 2.24) is 5.43 Å². The minimum absolute atomic E-state index is 0.0260.